The second-order valence-electron chi connectivity index (χ2n) is 6.88. The maximum atomic E-state index is 12.3. The van der Waals surface area contributed by atoms with Gasteiger partial charge < -0.3 is 10.1 Å². The number of halogens is 1. The van der Waals surface area contributed by atoms with Crippen LogP contribution < -0.4 is 5.32 Å². The van der Waals surface area contributed by atoms with Gasteiger partial charge in [0.25, 0.3) is 0 Å². The standard InChI is InChI=1S/C24H19ClN2O3/c25-24-19(12-18-7-2-4-11-21(18)27-24)15-30-23(29)14-26-22(28)13-17-9-5-8-16-6-1-3-10-20(16)17/h1-12H,13-15H2,(H,26,28). The molecule has 0 saturated heterocycles. The molecule has 30 heavy (non-hydrogen) atoms. The highest BCUT2D eigenvalue weighted by Gasteiger charge is 2.11. The number of rotatable bonds is 6. The van der Waals surface area contributed by atoms with Crippen LogP contribution in [0.15, 0.2) is 72.8 Å². The number of nitrogens with zero attached hydrogens (tertiary/aromatic N) is 1. The molecule has 5 nitrogen and oxygen atoms in total. The summed E-state index contributed by atoms with van der Waals surface area (Å²) in [7, 11) is 0. The minimum atomic E-state index is -0.537. The lowest BCUT2D eigenvalue weighted by Crippen LogP contribution is -2.31. The summed E-state index contributed by atoms with van der Waals surface area (Å²) in [4.78, 5) is 28.6. The van der Waals surface area contributed by atoms with Crippen molar-refractivity contribution in [2.45, 2.75) is 13.0 Å². The Morgan fingerprint density at radius 1 is 0.900 bits per heavy atom. The van der Waals surface area contributed by atoms with Gasteiger partial charge in [0.1, 0.15) is 18.3 Å². The molecule has 3 aromatic carbocycles. The van der Waals surface area contributed by atoms with Crippen LogP contribution in [-0.2, 0) is 27.4 Å². The van der Waals surface area contributed by atoms with E-state index in [0.29, 0.717) is 10.7 Å². The maximum absolute atomic E-state index is 12.3. The van der Waals surface area contributed by atoms with Gasteiger partial charge in [-0.05, 0) is 28.5 Å². The Bertz CT molecular complexity index is 1230. The molecule has 1 N–H and O–H groups in total. The second-order valence-corrected chi connectivity index (χ2v) is 7.24. The molecule has 0 atom stereocenters. The molecule has 0 radical (unpaired) electrons. The van der Waals surface area contributed by atoms with Crippen molar-refractivity contribution in [3.05, 3.63) is 89.1 Å². The SMILES string of the molecule is O=C(Cc1cccc2ccccc12)NCC(=O)OCc1cc2ccccc2nc1Cl. The van der Waals surface area contributed by atoms with E-state index in [9.17, 15) is 9.59 Å². The number of amides is 1. The van der Waals surface area contributed by atoms with Gasteiger partial charge in [0.05, 0.1) is 11.9 Å². The smallest absolute Gasteiger partial charge is 0.325 e. The zero-order valence-electron chi connectivity index (χ0n) is 16.1. The predicted molar refractivity (Wildman–Crippen MR) is 117 cm³/mol. The quantitative estimate of drug-likeness (QED) is 0.371. The van der Waals surface area contributed by atoms with Gasteiger partial charge in [-0.1, -0.05) is 72.3 Å². The highest BCUT2D eigenvalue weighted by atomic mass is 35.5. The first-order valence-electron chi connectivity index (χ1n) is 9.53. The number of nitrogens with one attached hydrogen (secondary N) is 1. The lowest BCUT2D eigenvalue weighted by molar-refractivity contribution is -0.145. The molecule has 0 aliphatic heterocycles. The first-order valence-corrected chi connectivity index (χ1v) is 9.91. The van der Waals surface area contributed by atoms with Crippen molar-refractivity contribution in [1.29, 1.82) is 0 Å². The Kier molecular flexibility index (Phi) is 5.91. The van der Waals surface area contributed by atoms with E-state index in [1.807, 2.05) is 72.8 Å². The van der Waals surface area contributed by atoms with E-state index in [0.717, 1.165) is 27.2 Å². The molecule has 0 bridgehead atoms. The summed E-state index contributed by atoms with van der Waals surface area (Å²) in [6.45, 7) is -0.211. The lowest BCUT2D eigenvalue weighted by atomic mass is 10.0. The van der Waals surface area contributed by atoms with E-state index in [-0.39, 0.29) is 25.5 Å². The summed E-state index contributed by atoms with van der Waals surface area (Å²) < 4.78 is 5.25. The van der Waals surface area contributed by atoms with Gasteiger partial charge in [-0.15, -0.1) is 0 Å². The minimum absolute atomic E-state index is 0.00526. The molecular formula is C24H19ClN2O3. The van der Waals surface area contributed by atoms with Crippen molar-refractivity contribution in [3.8, 4) is 0 Å². The molecule has 0 unspecified atom stereocenters. The maximum Gasteiger partial charge on any atom is 0.325 e. The number of hydrogen-bond acceptors (Lipinski definition) is 4. The topological polar surface area (TPSA) is 68.3 Å². The van der Waals surface area contributed by atoms with Gasteiger partial charge >= 0.3 is 5.97 Å². The van der Waals surface area contributed by atoms with E-state index < -0.39 is 5.97 Å². The average Bonchev–Trinajstić information content (AvgIpc) is 2.76. The Hall–Kier alpha value is -3.44. The van der Waals surface area contributed by atoms with Crippen molar-refractivity contribution in [2.75, 3.05) is 6.54 Å². The van der Waals surface area contributed by atoms with Crippen LogP contribution in [-0.4, -0.2) is 23.4 Å². The van der Waals surface area contributed by atoms with Gasteiger partial charge in [0.2, 0.25) is 5.91 Å². The lowest BCUT2D eigenvalue weighted by Gasteiger charge is -2.09. The predicted octanol–water partition coefficient (Wildman–Crippen LogP) is 4.44. The first-order chi connectivity index (χ1) is 14.6. The average molecular weight is 419 g/mol. The third-order valence-corrected chi connectivity index (χ3v) is 5.13. The summed E-state index contributed by atoms with van der Waals surface area (Å²) in [5.74, 6) is -0.779. The van der Waals surface area contributed by atoms with E-state index >= 15 is 0 Å². The van der Waals surface area contributed by atoms with E-state index in [4.69, 9.17) is 16.3 Å². The zero-order chi connectivity index (χ0) is 20.9. The summed E-state index contributed by atoms with van der Waals surface area (Å²) in [5, 5.41) is 5.92. The normalized spacial score (nSPS) is 10.8. The molecule has 1 aromatic heterocycles. The fourth-order valence-corrected chi connectivity index (χ4v) is 3.50. The molecule has 4 aromatic rings. The zero-order valence-corrected chi connectivity index (χ0v) is 16.9. The Labute approximate surface area is 178 Å². The van der Waals surface area contributed by atoms with E-state index in [1.54, 1.807) is 0 Å². The molecule has 150 valence electrons. The molecule has 0 saturated carbocycles. The van der Waals surface area contributed by atoms with Gasteiger partial charge in [-0.25, -0.2) is 4.98 Å². The fourth-order valence-electron chi connectivity index (χ4n) is 3.30. The number of aromatic nitrogens is 1. The van der Waals surface area contributed by atoms with Crippen molar-refractivity contribution in [1.82, 2.24) is 10.3 Å². The monoisotopic (exact) mass is 418 g/mol. The first kappa shape index (κ1) is 19.9. The Balaban J connectivity index is 1.31. The van der Waals surface area contributed by atoms with Crippen LogP contribution in [0.5, 0.6) is 0 Å². The van der Waals surface area contributed by atoms with Gasteiger partial charge in [0.15, 0.2) is 0 Å². The van der Waals surface area contributed by atoms with Gasteiger partial charge in [-0.2, -0.15) is 0 Å². The highest BCUT2D eigenvalue weighted by molar-refractivity contribution is 6.30. The molecule has 0 aliphatic rings. The summed E-state index contributed by atoms with van der Waals surface area (Å²) >= 11 is 6.18. The highest BCUT2D eigenvalue weighted by Crippen LogP contribution is 2.21. The van der Waals surface area contributed by atoms with E-state index in [1.165, 1.54) is 0 Å². The van der Waals surface area contributed by atoms with Crippen molar-refractivity contribution in [3.63, 3.8) is 0 Å². The van der Waals surface area contributed by atoms with Crippen molar-refractivity contribution < 1.29 is 14.3 Å². The molecule has 0 fully saturated rings. The minimum Gasteiger partial charge on any atom is -0.459 e. The van der Waals surface area contributed by atoms with Crippen molar-refractivity contribution in [2.24, 2.45) is 0 Å². The van der Waals surface area contributed by atoms with Crippen LogP contribution in [0.2, 0.25) is 5.15 Å². The summed E-state index contributed by atoms with van der Waals surface area (Å²) in [6.07, 6.45) is 0.190. The second kappa shape index (κ2) is 8.93. The number of para-hydroxylation sites is 1. The van der Waals surface area contributed by atoms with Gasteiger partial charge in [0, 0.05) is 10.9 Å². The van der Waals surface area contributed by atoms with Gasteiger partial charge in [-0.3, -0.25) is 9.59 Å². The summed E-state index contributed by atoms with van der Waals surface area (Å²) in [6, 6.07) is 23.1. The number of carbonyl (C=O) groups excluding carboxylic acids is 2. The van der Waals surface area contributed by atoms with Crippen LogP contribution in [0, 0.1) is 0 Å². The third kappa shape index (κ3) is 4.58. The number of ether oxygens (including phenoxy) is 1. The Morgan fingerprint density at radius 2 is 1.63 bits per heavy atom. The fraction of sp³-hybridized carbons (Fsp3) is 0.125. The number of carbonyl (C=O) groups is 2. The number of fused-ring (bicyclic) bond motifs is 2. The number of pyridine rings is 1. The largest absolute Gasteiger partial charge is 0.459 e. The van der Waals surface area contributed by atoms with Crippen LogP contribution in [0.4, 0.5) is 0 Å². The number of hydrogen-bond donors (Lipinski definition) is 1. The third-order valence-electron chi connectivity index (χ3n) is 4.80. The molecule has 1 heterocycles. The molecule has 4 rings (SSSR count). The summed E-state index contributed by atoms with van der Waals surface area (Å²) in [5.41, 5.74) is 2.30. The molecule has 6 heteroatoms. The van der Waals surface area contributed by atoms with Crippen LogP contribution in [0.1, 0.15) is 11.1 Å². The number of esters is 1. The van der Waals surface area contributed by atoms with Crippen LogP contribution in [0.25, 0.3) is 21.7 Å². The van der Waals surface area contributed by atoms with Crippen LogP contribution >= 0.6 is 11.6 Å². The van der Waals surface area contributed by atoms with Crippen LogP contribution in [0.3, 0.4) is 0 Å². The molecule has 0 spiro atoms. The molecule has 1 amide bonds. The molecule has 0 aliphatic carbocycles. The van der Waals surface area contributed by atoms with E-state index in [2.05, 4.69) is 10.3 Å². The van der Waals surface area contributed by atoms with Crippen molar-refractivity contribution >= 4 is 45.2 Å². The number of benzene rings is 3. The molecular weight excluding hydrogens is 400 g/mol. The Morgan fingerprint density at radius 3 is 2.50 bits per heavy atom.